The zero-order valence-electron chi connectivity index (χ0n) is 7.76. The van der Waals surface area contributed by atoms with Gasteiger partial charge in [0.25, 0.3) is 0 Å². The summed E-state index contributed by atoms with van der Waals surface area (Å²) in [6.45, 7) is 8.00. The molecular formula is C10H15NS. The van der Waals surface area contributed by atoms with Crippen LogP contribution in [0.3, 0.4) is 0 Å². The Morgan fingerprint density at radius 2 is 2.33 bits per heavy atom. The first-order chi connectivity index (χ1) is 5.77. The minimum Gasteiger partial charge on any atom is -0.246 e. The summed E-state index contributed by atoms with van der Waals surface area (Å²) >= 11 is 1.82. The first kappa shape index (κ1) is 9.46. The van der Waals surface area contributed by atoms with Crippen LogP contribution in [-0.2, 0) is 12.8 Å². The molecule has 0 aliphatic heterocycles. The van der Waals surface area contributed by atoms with Gasteiger partial charge in [-0.25, -0.2) is 4.98 Å². The fourth-order valence-electron chi connectivity index (χ4n) is 1.23. The highest BCUT2D eigenvalue weighted by Gasteiger charge is 2.05. The van der Waals surface area contributed by atoms with E-state index in [0.717, 1.165) is 12.8 Å². The van der Waals surface area contributed by atoms with Crippen LogP contribution < -0.4 is 0 Å². The van der Waals surface area contributed by atoms with Crippen LogP contribution in [0.25, 0.3) is 0 Å². The van der Waals surface area contributed by atoms with Crippen molar-refractivity contribution in [2.24, 2.45) is 0 Å². The standard InChI is InChI=1S/C10H15NS/c1-4-6-9-10(7-5-2)12-8(3)11-9/h4H,1,5-7H2,2-3H3. The highest BCUT2D eigenvalue weighted by Crippen LogP contribution is 2.20. The minimum absolute atomic E-state index is 0.916. The maximum absolute atomic E-state index is 4.47. The fraction of sp³-hybridized carbons (Fsp3) is 0.500. The second-order valence-electron chi connectivity index (χ2n) is 2.85. The van der Waals surface area contributed by atoms with Crippen LogP contribution in [0.5, 0.6) is 0 Å². The van der Waals surface area contributed by atoms with Gasteiger partial charge in [0.05, 0.1) is 10.7 Å². The number of allylic oxidation sites excluding steroid dienone is 1. The monoisotopic (exact) mass is 181 g/mol. The van der Waals surface area contributed by atoms with Crippen molar-refractivity contribution in [1.29, 1.82) is 0 Å². The zero-order chi connectivity index (χ0) is 8.97. The molecule has 0 aliphatic carbocycles. The molecule has 0 spiro atoms. The molecule has 1 rings (SSSR count). The van der Waals surface area contributed by atoms with Gasteiger partial charge in [0, 0.05) is 11.3 Å². The molecule has 0 aromatic carbocycles. The average Bonchev–Trinajstić information content (AvgIpc) is 2.33. The van der Waals surface area contributed by atoms with Crippen LogP contribution >= 0.6 is 11.3 Å². The van der Waals surface area contributed by atoms with Gasteiger partial charge in [-0.2, -0.15) is 0 Å². The number of aryl methyl sites for hydroxylation is 2. The van der Waals surface area contributed by atoms with Crippen LogP contribution in [0, 0.1) is 6.92 Å². The number of nitrogens with zero attached hydrogens (tertiary/aromatic N) is 1. The summed E-state index contributed by atoms with van der Waals surface area (Å²) in [4.78, 5) is 5.91. The van der Waals surface area contributed by atoms with Gasteiger partial charge in [-0.05, 0) is 13.3 Å². The third-order valence-corrected chi connectivity index (χ3v) is 2.77. The Hall–Kier alpha value is -0.630. The number of thiazole rings is 1. The molecule has 0 N–H and O–H groups in total. The van der Waals surface area contributed by atoms with Gasteiger partial charge in [0.15, 0.2) is 0 Å². The number of hydrogen-bond donors (Lipinski definition) is 0. The molecule has 2 heteroatoms. The number of rotatable bonds is 4. The minimum atomic E-state index is 0.916. The first-order valence-electron chi connectivity index (χ1n) is 4.34. The summed E-state index contributed by atoms with van der Waals surface area (Å²) in [5.41, 5.74) is 1.23. The highest BCUT2D eigenvalue weighted by atomic mass is 32.1. The van der Waals surface area contributed by atoms with Crippen molar-refractivity contribution < 1.29 is 0 Å². The topological polar surface area (TPSA) is 12.9 Å². The van der Waals surface area contributed by atoms with E-state index in [1.165, 1.54) is 22.0 Å². The van der Waals surface area contributed by atoms with Crippen molar-refractivity contribution in [3.8, 4) is 0 Å². The molecule has 1 aromatic rings. The summed E-state index contributed by atoms with van der Waals surface area (Å²) in [5, 5.41) is 1.18. The second kappa shape index (κ2) is 4.41. The Balaban J connectivity index is 2.83. The van der Waals surface area contributed by atoms with E-state index in [1.54, 1.807) is 0 Å². The summed E-state index contributed by atoms with van der Waals surface area (Å²) in [7, 11) is 0. The normalized spacial score (nSPS) is 10.2. The maximum Gasteiger partial charge on any atom is 0.0900 e. The van der Waals surface area contributed by atoms with E-state index in [0.29, 0.717) is 0 Å². The number of aromatic nitrogens is 1. The first-order valence-corrected chi connectivity index (χ1v) is 5.15. The van der Waals surface area contributed by atoms with Gasteiger partial charge in [-0.15, -0.1) is 17.9 Å². The van der Waals surface area contributed by atoms with Gasteiger partial charge in [0.2, 0.25) is 0 Å². The molecule has 0 aliphatic rings. The molecule has 1 heterocycles. The molecular weight excluding hydrogens is 166 g/mol. The molecule has 0 radical (unpaired) electrons. The summed E-state index contributed by atoms with van der Waals surface area (Å²) < 4.78 is 0. The summed E-state index contributed by atoms with van der Waals surface area (Å²) in [6.07, 6.45) is 5.20. The van der Waals surface area contributed by atoms with Crippen molar-refractivity contribution in [2.45, 2.75) is 33.1 Å². The van der Waals surface area contributed by atoms with E-state index in [2.05, 4.69) is 25.4 Å². The van der Waals surface area contributed by atoms with Gasteiger partial charge in [0.1, 0.15) is 0 Å². The largest absolute Gasteiger partial charge is 0.246 e. The second-order valence-corrected chi connectivity index (χ2v) is 4.13. The van der Waals surface area contributed by atoms with Crippen LogP contribution in [0.15, 0.2) is 12.7 Å². The van der Waals surface area contributed by atoms with Gasteiger partial charge in [-0.1, -0.05) is 19.4 Å². The van der Waals surface area contributed by atoms with Crippen molar-refractivity contribution in [3.63, 3.8) is 0 Å². The molecule has 0 unspecified atom stereocenters. The lowest BCUT2D eigenvalue weighted by Crippen LogP contribution is -1.88. The molecule has 0 saturated heterocycles. The molecule has 0 saturated carbocycles. The zero-order valence-corrected chi connectivity index (χ0v) is 8.58. The molecule has 0 fully saturated rings. The van der Waals surface area contributed by atoms with Crippen molar-refractivity contribution in [2.75, 3.05) is 0 Å². The van der Waals surface area contributed by atoms with Crippen LogP contribution in [-0.4, -0.2) is 4.98 Å². The SMILES string of the molecule is C=CCc1nc(C)sc1CCC. The van der Waals surface area contributed by atoms with E-state index >= 15 is 0 Å². The average molecular weight is 181 g/mol. The Kier molecular flexibility index (Phi) is 3.48. The molecule has 0 bridgehead atoms. The van der Waals surface area contributed by atoms with Crippen LogP contribution in [0.4, 0.5) is 0 Å². The van der Waals surface area contributed by atoms with E-state index in [-0.39, 0.29) is 0 Å². The van der Waals surface area contributed by atoms with E-state index in [1.807, 2.05) is 17.4 Å². The van der Waals surface area contributed by atoms with Crippen molar-refractivity contribution in [3.05, 3.63) is 28.2 Å². The van der Waals surface area contributed by atoms with E-state index in [4.69, 9.17) is 0 Å². The molecule has 1 aromatic heterocycles. The highest BCUT2D eigenvalue weighted by molar-refractivity contribution is 7.11. The third-order valence-electron chi connectivity index (χ3n) is 1.70. The predicted octanol–water partition coefficient (Wildman–Crippen LogP) is 3.13. The molecule has 12 heavy (non-hydrogen) atoms. The summed E-state index contributed by atoms with van der Waals surface area (Å²) in [5.74, 6) is 0. The van der Waals surface area contributed by atoms with E-state index in [9.17, 15) is 0 Å². The van der Waals surface area contributed by atoms with Gasteiger partial charge >= 0.3 is 0 Å². The molecule has 0 amide bonds. The summed E-state index contributed by atoms with van der Waals surface area (Å²) in [6, 6.07) is 0. The number of hydrogen-bond acceptors (Lipinski definition) is 2. The Morgan fingerprint density at radius 3 is 2.92 bits per heavy atom. The Morgan fingerprint density at radius 1 is 1.58 bits per heavy atom. The molecule has 1 nitrogen and oxygen atoms in total. The third kappa shape index (κ3) is 2.18. The lowest BCUT2D eigenvalue weighted by molar-refractivity contribution is 0.915. The lowest BCUT2D eigenvalue weighted by atomic mass is 10.2. The fourth-order valence-corrected chi connectivity index (χ4v) is 2.30. The Labute approximate surface area is 78.2 Å². The predicted molar refractivity (Wildman–Crippen MR) is 54.7 cm³/mol. The quantitative estimate of drug-likeness (QED) is 0.650. The lowest BCUT2D eigenvalue weighted by Gasteiger charge is -1.95. The van der Waals surface area contributed by atoms with Gasteiger partial charge < -0.3 is 0 Å². The van der Waals surface area contributed by atoms with Gasteiger partial charge in [-0.3, -0.25) is 0 Å². The van der Waals surface area contributed by atoms with E-state index < -0.39 is 0 Å². The molecule has 66 valence electrons. The Bertz CT molecular complexity index is 263. The van der Waals surface area contributed by atoms with Crippen LogP contribution in [0.1, 0.15) is 28.9 Å². The maximum atomic E-state index is 4.47. The van der Waals surface area contributed by atoms with Crippen molar-refractivity contribution >= 4 is 11.3 Å². The van der Waals surface area contributed by atoms with Crippen molar-refractivity contribution in [1.82, 2.24) is 4.98 Å². The van der Waals surface area contributed by atoms with Crippen LogP contribution in [0.2, 0.25) is 0 Å². The molecule has 0 atom stereocenters. The smallest absolute Gasteiger partial charge is 0.0900 e.